The molecular formula is C35H50N8O12S. The second kappa shape index (κ2) is 18.4. The summed E-state index contributed by atoms with van der Waals surface area (Å²) in [5, 5.41) is 64.1. The number of nitrogens with two attached hydrogens (primary N) is 1. The van der Waals surface area contributed by atoms with E-state index in [2.05, 4.69) is 31.6 Å². The van der Waals surface area contributed by atoms with Crippen molar-refractivity contribution in [2.45, 2.75) is 112 Å². The highest BCUT2D eigenvalue weighted by Gasteiger charge is 2.43. The molecule has 4 rings (SSSR count). The first-order valence-electron chi connectivity index (χ1n) is 17.9. The van der Waals surface area contributed by atoms with Crippen molar-refractivity contribution in [3.8, 4) is 0 Å². The molecule has 13 N–H and O–H groups in total. The number of aliphatic hydroxyl groups is 4. The van der Waals surface area contributed by atoms with Crippen LogP contribution < -0.4 is 32.3 Å². The summed E-state index contributed by atoms with van der Waals surface area (Å²) in [5.41, 5.74) is 4.80. The van der Waals surface area contributed by atoms with Crippen molar-refractivity contribution in [2.24, 2.45) is 5.73 Å². The van der Waals surface area contributed by atoms with Crippen LogP contribution in [0.2, 0.25) is 0 Å². The van der Waals surface area contributed by atoms with E-state index in [0.717, 1.165) is 16.7 Å². The maximum Gasteiger partial charge on any atom is 0.326 e. The average Bonchev–Trinajstić information content (AvgIpc) is 3.70. The van der Waals surface area contributed by atoms with Crippen molar-refractivity contribution in [3.05, 3.63) is 29.8 Å². The molecule has 1 aromatic carbocycles. The number of carbonyl (C=O) groups excluding carboxylic acids is 6. The van der Waals surface area contributed by atoms with Gasteiger partial charge in [0.1, 0.15) is 36.3 Å². The molecule has 10 atom stereocenters. The van der Waals surface area contributed by atoms with E-state index in [4.69, 9.17) is 5.73 Å². The van der Waals surface area contributed by atoms with Gasteiger partial charge < -0.3 is 67.7 Å². The standard InChI is InChI=1S/C35H50N8O12S/c1-15(36)27(47)42-26(17(3)45)31(51)40-24-13-56-32-20(19-7-5-6-8-21(19)41-32)10-22(29(49)39-23(34(53)54)11-35(4,55)14-44)38-28(48)16(2)37-30(50)25-9-18(46)12-43(25)33(24)52/h5-8,15-18,22-26,41,44-46,55H,9-14,36H2,1-4H3,(H,37,50)(H,38,48)(H,39,49)(H,40,51)(H,42,47)(H,53,54). The van der Waals surface area contributed by atoms with Crippen molar-refractivity contribution in [1.82, 2.24) is 36.5 Å². The number of carboxylic acids is 1. The Bertz CT molecular complexity index is 1820. The zero-order chi connectivity index (χ0) is 41.6. The highest BCUT2D eigenvalue weighted by molar-refractivity contribution is 7.99. The van der Waals surface area contributed by atoms with Gasteiger partial charge in [0.25, 0.3) is 0 Å². The molecule has 0 saturated carbocycles. The van der Waals surface area contributed by atoms with Crippen LogP contribution >= 0.6 is 11.8 Å². The Hall–Kier alpha value is -4.80. The van der Waals surface area contributed by atoms with Gasteiger partial charge in [-0.2, -0.15) is 0 Å². The molecule has 2 aromatic rings. The number of aliphatic hydroxyl groups excluding tert-OH is 3. The Labute approximate surface area is 325 Å². The quantitative estimate of drug-likeness (QED) is 0.104. The molecule has 308 valence electrons. The summed E-state index contributed by atoms with van der Waals surface area (Å²) in [4.78, 5) is 97.8. The van der Waals surface area contributed by atoms with E-state index in [1.165, 1.54) is 27.7 Å². The van der Waals surface area contributed by atoms with Gasteiger partial charge >= 0.3 is 5.97 Å². The highest BCUT2D eigenvalue weighted by atomic mass is 32.2. The van der Waals surface area contributed by atoms with E-state index in [-0.39, 0.29) is 25.1 Å². The van der Waals surface area contributed by atoms with Crippen molar-refractivity contribution in [3.63, 3.8) is 0 Å². The summed E-state index contributed by atoms with van der Waals surface area (Å²) in [6.45, 7) is 4.03. The minimum Gasteiger partial charge on any atom is -0.480 e. The largest absolute Gasteiger partial charge is 0.480 e. The number of aliphatic carboxylic acids is 1. The third-order valence-electron chi connectivity index (χ3n) is 9.52. The monoisotopic (exact) mass is 806 g/mol. The van der Waals surface area contributed by atoms with E-state index in [1.54, 1.807) is 24.3 Å². The van der Waals surface area contributed by atoms with E-state index in [1.807, 2.05) is 0 Å². The highest BCUT2D eigenvalue weighted by Crippen LogP contribution is 2.32. The lowest BCUT2D eigenvalue weighted by Crippen LogP contribution is -2.61. The number of carboxylic acid groups (broad SMARTS) is 1. The number of thioether (sulfide) groups is 1. The van der Waals surface area contributed by atoms with Gasteiger partial charge in [0.05, 0.1) is 35.5 Å². The number of benzene rings is 1. The number of para-hydroxylation sites is 1. The van der Waals surface area contributed by atoms with Crippen molar-refractivity contribution < 1.29 is 59.1 Å². The summed E-state index contributed by atoms with van der Waals surface area (Å²) in [6.07, 6.45) is -3.64. The average molecular weight is 807 g/mol. The smallest absolute Gasteiger partial charge is 0.326 e. The van der Waals surface area contributed by atoms with Crippen molar-refractivity contribution >= 4 is 64.1 Å². The summed E-state index contributed by atoms with van der Waals surface area (Å²) in [5.74, 6) is -6.87. The molecule has 1 aromatic heterocycles. The predicted octanol–water partition coefficient (Wildman–Crippen LogP) is -3.83. The molecule has 2 aliphatic heterocycles. The zero-order valence-electron chi connectivity index (χ0n) is 31.3. The third-order valence-corrected chi connectivity index (χ3v) is 10.7. The van der Waals surface area contributed by atoms with E-state index in [0.29, 0.717) is 21.5 Å². The maximum atomic E-state index is 14.3. The normalized spacial score (nSPS) is 25.4. The number of H-pyrrole nitrogens is 1. The third kappa shape index (κ3) is 10.7. The Morgan fingerprint density at radius 1 is 1.07 bits per heavy atom. The molecule has 0 spiro atoms. The Morgan fingerprint density at radius 3 is 2.38 bits per heavy atom. The number of hydrogen-bond donors (Lipinski definition) is 12. The van der Waals surface area contributed by atoms with Crippen LogP contribution in [0.1, 0.15) is 46.1 Å². The van der Waals surface area contributed by atoms with Gasteiger partial charge in [-0.3, -0.25) is 28.8 Å². The number of nitrogens with zero attached hydrogens (tertiary/aromatic N) is 1. The number of amides is 6. The van der Waals surface area contributed by atoms with Gasteiger partial charge in [0.15, 0.2) is 0 Å². The minimum atomic E-state index is -1.88. The number of nitrogens with one attached hydrogen (secondary N) is 6. The van der Waals surface area contributed by atoms with E-state index < -0.39 is 115 Å². The van der Waals surface area contributed by atoms with Crippen LogP contribution in [0.3, 0.4) is 0 Å². The molecule has 20 nitrogen and oxygen atoms in total. The molecule has 0 aliphatic carbocycles. The molecule has 56 heavy (non-hydrogen) atoms. The lowest BCUT2D eigenvalue weighted by atomic mass is 9.97. The molecule has 0 radical (unpaired) electrons. The molecule has 1 saturated heterocycles. The summed E-state index contributed by atoms with van der Waals surface area (Å²) >= 11 is 1.03. The number of aromatic nitrogens is 1. The molecule has 0 bridgehead atoms. The fourth-order valence-electron chi connectivity index (χ4n) is 6.36. The Kier molecular flexibility index (Phi) is 14.5. The van der Waals surface area contributed by atoms with Gasteiger partial charge in [-0.05, 0) is 39.3 Å². The van der Waals surface area contributed by atoms with Crippen LogP contribution in [0.15, 0.2) is 29.3 Å². The predicted molar refractivity (Wildman–Crippen MR) is 199 cm³/mol. The van der Waals surface area contributed by atoms with Crippen LogP contribution in [-0.4, -0.2) is 156 Å². The topological polar surface area (TPSA) is 326 Å². The van der Waals surface area contributed by atoms with Gasteiger partial charge in [-0.15, -0.1) is 11.8 Å². The van der Waals surface area contributed by atoms with Gasteiger partial charge in [0, 0.05) is 42.5 Å². The van der Waals surface area contributed by atoms with Crippen LogP contribution in [-0.2, 0) is 40.0 Å². The number of carbonyl (C=O) groups is 7. The fraction of sp³-hybridized carbons (Fsp3) is 0.571. The lowest BCUT2D eigenvalue weighted by Gasteiger charge is -2.30. The van der Waals surface area contributed by atoms with Gasteiger partial charge in [-0.25, -0.2) is 4.79 Å². The van der Waals surface area contributed by atoms with Crippen LogP contribution in [0.5, 0.6) is 0 Å². The molecule has 6 amide bonds. The summed E-state index contributed by atoms with van der Waals surface area (Å²) in [7, 11) is 0. The number of aromatic amines is 1. The Balaban J connectivity index is 1.79. The van der Waals surface area contributed by atoms with Crippen LogP contribution in [0, 0.1) is 0 Å². The van der Waals surface area contributed by atoms with Crippen molar-refractivity contribution in [2.75, 3.05) is 18.9 Å². The molecule has 3 heterocycles. The fourth-order valence-corrected chi connectivity index (χ4v) is 7.47. The lowest BCUT2D eigenvalue weighted by molar-refractivity contribution is -0.144. The van der Waals surface area contributed by atoms with E-state index >= 15 is 0 Å². The van der Waals surface area contributed by atoms with Gasteiger partial charge in [0.2, 0.25) is 35.4 Å². The zero-order valence-corrected chi connectivity index (χ0v) is 32.1. The first kappa shape index (κ1) is 43.9. The molecular weight excluding hydrogens is 756 g/mol. The molecule has 2 aliphatic rings. The first-order valence-corrected chi connectivity index (χ1v) is 18.9. The van der Waals surface area contributed by atoms with Crippen LogP contribution in [0.4, 0.5) is 0 Å². The van der Waals surface area contributed by atoms with E-state index in [9.17, 15) is 59.1 Å². The molecule has 1 fully saturated rings. The summed E-state index contributed by atoms with van der Waals surface area (Å²) < 4.78 is 0. The molecule has 10 unspecified atom stereocenters. The second-order valence-corrected chi connectivity index (χ2v) is 15.5. The van der Waals surface area contributed by atoms with Gasteiger partial charge in [-0.1, -0.05) is 18.2 Å². The SMILES string of the molecule is CC(N)C(=O)NC(C(=O)NC1CSc2[nH]c3ccccc3c2CC(C(=O)NC(CC(C)(O)CO)C(=O)O)NC(=O)C(C)NC(=O)C2CC(O)CN2C1=O)C(C)O. The first-order chi connectivity index (χ1) is 26.2. The second-order valence-electron chi connectivity index (χ2n) is 14.5. The minimum absolute atomic E-state index is 0.216. The van der Waals surface area contributed by atoms with Crippen LogP contribution in [0.25, 0.3) is 10.9 Å². The maximum absolute atomic E-state index is 14.3. The number of hydrogen-bond acceptors (Lipinski definition) is 13. The number of fused-ring (bicyclic) bond motifs is 4. The Morgan fingerprint density at radius 2 is 1.75 bits per heavy atom. The number of rotatable bonds is 11. The summed E-state index contributed by atoms with van der Waals surface area (Å²) in [6, 6.07) is -2.88. The molecule has 21 heteroatoms. The van der Waals surface area contributed by atoms with Crippen molar-refractivity contribution in [1.29, 1.82) is 0 Å².